The molecular weight excluding hydrogens is 456 g/mol. The summed E-state index contributed by atoms with van der Waals surface area (Å²) in [5, 5.41) is 9.56. The van der Waals surface area contributed by atoms with Crippen molar-refractivity contribution in [3.63, 3.8) is 0 Å². The second-order valence-electron chi connectivity index (χ2n) is 7.38. The number of thiocarbonyl (C=S) groups is 1. The third-order valence-electron chi connectivity index (χ3n) is 5.27. The zero-order valence-corrected chi connectivity index (χ0v) is 19.1. The number of anilines is 1. The van der Waals surface area contributed by atoms with Gasteiger partial charge >= 0.3 is 0 Å². The van der Waals surface area contributed by atoms with Gasteiger partial charge in [-0.05, 0) is 36.0 Å². The fourth-order valence-electron chi connectivity index (χ4n) is 3.52. The Morgan fingerprint density at radius 2 is 1.71 bits per heavy atom. The summed E-state index contributed by atoms with van der Waals surface area (Å²) in [5.41, 5.74) is 1.55. The molecule has 0 amide bonds. The summed E-state index contributed by atoms with van der Waals surface area (Å²) >= 11 is 18.0. The summed E-state index contributed by atoms with van der Waals surface area (Å²) in [6.45, 7) is 4.12. The Hall–Kier alpha value is -2.19. The summed E-state index contributed by atoms with van der Waals surface area (Å²) < 4.78 is 15.9. The first-order chi connectivity index (χ1) is 15.0. The van der Waals surface area contributed by atoms with Crippen LogP contribution in [0.25, 0.3) is 0 Å². The topological polar surface area (TPSA) is 36.3 Å². The molecule has 31 heavy (non-hydrogen) atoms. The van der Waals surface area contributed by atoms with Crippen LogP contribution in [0.15, 0.2) is 54.7 Å². The van der Waals surface area contributed by atoms with Gasteiger partial charge in [-0.2, -0.15) is 5.10 Å². The molecule has 0 aliphatic carbocycles. The Morgan fingerprint density at radius 1 is 0.968 bits per heavy atom. The third kappa shape index (κ3) is 5.54. The van der Waals surface area contributed by atoms with E-state index >= 15 is 0 Å². The van der Waals surface area contributed by atoms with Crippen molar-refractivity contribution >= 4 is 46.4 Å². The predicted molar refractivity (Wildman–Crippen MR) is 127 cm³/mol. The molecule has 0 atom stereocenters. The minimum absolute atomic E-state index is 0.264. The minimum atomic E-state index is -0.264. The Bertz CT molecular complexity index is 1050. The van der Waals surface area contributed by atoms with Gasteiger partial charge in [0.05, 0.1) is 6.54 Å². The molecule has 2 heterocycles. The van der Waals surface area contributed by atoms with Crippen LogP contribution in [-0.4, -0.2) is 50.9 Å². The molecular formula is C22H22Cl2FN5S. The quantitative estimate of drug-likeness (QED) is 0.529. The molecule has 9 heteroatoms. The number of halogens is 3. The van der Waals surface area contributed by atoms with E-state index in [-0.39, 0.29) is 5.82 Å². The zero-order chi connectivity index (χ0) is 21.8. The highest BCUT2D eigenvalue weighted by Crippen LogP contribution is 2.21. The lowest BCUT2D eigenvalue weighted by molar-refractivity contribution is 0.175. The molecule has 1 saturated heterocycles. The van der Waals surface area contributed by atoms with E-state index in [1.807, 2.05) is 41.2 Å². The second kappa shape index (κ2) is 9.96. The molecule has 5 nitrogen and oxygen atoms in total. The van der Waals surface area contributed by atoms with Crippen LogP contribution in [0.5, 0.6) is 0 Å². The summed E-state index contributed by atoms with van der Waals surface area (Å²) in [4.78, 5) is 4.28. The molecule has 3 aromatic rings. The maximum absolute atomic E-state index is 14.0. The van der Waals surface area contributed by atoms with E-state index in [1.54, 1.807) is 12.1 Å². The Balaban J connectivity index is 1.29. The molecule has 1 aliphatic heterocycles. The minimum Gasteiger partial charge on any atom is -0.346 e. The SMILES string of the molecule is Fc1cccc(Cl)c1CN1CCN(C(=S)Nc2ccn(Cc3ccccc3Cl)n2)CC1. The van der Waals surface area contributed by atoms with E-state index in [4.69, 9.17) is 35.4 Å². The van der Waals surface area contributed by atoms with Crippen molar-refractivity contribution in [2.24, 2.45) is 0 Å². The van der Waals surface area contributed by atoms with Gasteiger partial charge in [-0.3, -0.25) is 9.58 Å². The lowest BCUT2D eigenvalue weighted by Crippen LogP contribution is -2.49. The van der Waals surface area contributed by atoms with Crippen LogP contribution in [0.1, 0.15) is 11.1 Å². The summed E-state index contributed by atoms with van der Waals surface area (Å²) in [6.07, 6.45) is 1.89. The van der Waals surface area contributed by atoms with E-state index in [9.17, 15) is 4.39 Å². The number of hydrogen-bond donors (Lipinski definition) is 1. The first kappa shape index (κ1) is 22.0. The van der Waals surface area contributed by atoms with Crippen molar-refractivity contribution in [1.82, 2.24) is 19.6 Å². The molecule has 1 fully saturated rings. The number of rotatable bonds is 5. The first-order valence-electron chi connectivity index (χ1n) is 9.97. The van der Waals surface area contributed by atoms with Crippen molar-refractivity contribution in [1.29, 1.82) is 0 Å². The van der Waals surface area contributed by atoms with Crippen molar-refractivity contribution in [3.05, 3.63) is 81.7 Å². The van der Waals surface area contributed by atoms with Crippen LogP contribution in [0.4, 0.5) is 10.2 Å². The van der Waals surface area contributed by atoms with Crippen LogP contribution in [0, 0.1) is 5.82 Å². The van der Waals surface area contributed by atoms with Gasteiger partial charge in [-0.15, -0.1) is 0 Å². The molecule has 1 N–H and O–H groups in total. The van der Waals surface area contributed by atoms with E-state index in [1.165, 1.54) is 6.07 Å². The van der Waals surface area contributed by atoms with Crippen molar-refractivity contribution < 1.29 is 4.39 Å². The van der Waals surface area contributed by atoms with Crippen molar-refractivity contribution in [2.45, 2.75) is 13.1 Å². The van der Waals surface area contributed by atoms with Gasteiger partial charge in [0.25, 0.3) is 0 Å². The van der Waals surface area contributed by atoms with Gasteiger partial charge in [0, 0.05) is 60.6 Å². The number of piperazine rings is 1. The number of benzene rings is 2. The Morgan fingerprint density at radius 3 is 2.45 bits per heavy atom. The van der Waals surface area contributed by atoms with E-state index in [0.29, 0.717) is 34.6 Å². The lowest BCUT2D eigenvalue weighted by Gasteiger charge is -2.36. The molecule has 0 spiro atoms. The smallest absolute Gasteiger partial charge is 0.174 e. The van der Waals surface area contributed by atoms with Crippen molar-refractivity contribution in [2.75, 3.05) is 31.5 Å². The molecule has 162 valence electrons. The number of nitrogens with zero attached hydrogens (tertiary/aromatic N) is 4. The van der Waals surface area contributed by atoms with Gasteiger partial charge in [0.2, 0.25) is 0 Å². The van der Waals surface area contributed by atoms with Crippen LogP contribution >= 0.6 is 35.4 Å². The highest BCUT2D eigenvalue weighted by Gasteiger charge is 2.21. The second-order valence-corrected chi connectivity index (χ2v) is 8.58. The Kier molecular flexibility index (Phi) is 7.07. The number of hydrogen-bond acceptors (Lipinski definition) is 3. The summed E-state index contributed by atoms with van der Waals surface area (Å²) in [5.74, 6) is 0.428. The van der Waals surface area contributed by atoms with Gasteiger partial charge in [-0.1, -0.05) is 47.5 Å². The molecule has 0 radical (unpaired) electrons. The highest BCUT2D eigenvalue weighted by atomic mass is 35.5. The van der Waals surface area contributed by atoms with Gasteiger partial charge < -0.3 is 10.2 Å². The van der Waals surface area contributed by atoms with Crippen LogP contribution < -0.4 is 5.32 Å². The highest BCUT2D eigenvalue weighted by molar-refractivity contribution is 7.80. The molecule has 4 rings (SSSR count). The van der Waals surface area contributed by atoms with Crippen LogP contribution in [0.2, 0.25) is 10.0 Å². The molecule has 0 saturated carbocycles. The first-order valence-corrected chi connectivity index (χ1v) is 11.1. The summed E-state index contributed by atoms with van der Waals surface area (Å²) in [7, 11) is 0. The third-order valence-corrected chi connectivity index (χ3v) is 6.35. The van der Waals surface area contributed by atoms with E-state index < -0.39 is 0 Å². The van der Waals surface area contributed by atoms with E-state index in [0.717, 1.165) is 36.8 Å². The normalized spacial score (nSPS) is 14.6. The standard InChI is InChI=1S/C22H22Cl2FN5S/c23-18-5-2-1-4-16(18)14-30-9-8-21(27-30)26-22(31)29-12-10-28(11-13-29)15-17-19(24)6-3-7-20(17)25/h1-9H,10-15H2,(H,26,27,31). The van der Waals surface area contributed by atoms with Gasteiger partial charge in [-0.25, -0.2) is 4.39 Å². The van der Waals surface area contributed by atoms with Gasteiger partial charge in [0.1, 0.15) is 5.82 Å². The Labute approximate surface area is 196 Å². The largest absolute Gasteiger partial charge is 0.346 e. The molecule has 1 aromatic heterocycles. The fourth-order valence-corrected chi connectivity index (χ4v) is 4.23. The van der Waals surface area contributed by atoms with Crippen LogP contribution in [-0.2, 0) is 13.1 Å². The zero-order valence-electron chi connectivity index (χ0n) is 16.8. The van der Waals surface area contributed by atoms with E-state index in [2.05, 4.69) is 20.2 Å². The maximum atomic E-state index is 14.0. The summed E-state index contributed by atoms with van der Waals surface area (Å²) in [6, 6.07) is 14.4. The monoisotopic (exact) mass is 477 g/mol. The average molecular weight is 478 g/mol. The number of nitrogens with one attached hydrogen (secondary N) is 1. The molecule has 2 aromatic carbocycles. The van der Waals surface area contributed by atoms with Crippen LogP contribution in [0.3, 0.4) is 0 Å². The fraction of sp³-hybridized carbons (Fsp3) is 0.273. The lowest BCUT2D eigenvalue weighted by atomic mass is 10.2. The predicted octanol–water partition coefficient (Wildman–Crippen LogP) is 4.89. The number of aromatic nitrogens is 2. The van der Waals surface area contributed by atoms with Gasteiger partial charge in [0.15, 0.2) is 10.9 Å². The molecule has 0 bridgehead atoms. The molecule has 1 aliphatic rings. The maximum Gasteiger partial charge on any atom is 0.174 e. The molecule has 0 unspecified atom stereocenters. The average Bonchev–Trinajstić information content (AvgIpc) is 3.20. The van der Waals surface area contributed by atoms with Crippen molar-refractivity contribution in [3.8, 4) is 0 Å².